The van der Waals surface area contributed by atoms with Crippen molar-refractivity contribution in [1.29, 1.82) is 0 Å². The molecule has 1 unspecified atom stereocenters. The van der Waals surface area contributed by atoms with Crippen molar-refractivity contribution >= 4 is 12.0 Å². The number of carboxylic acid groups (broad SMARTS) is 1. The van der Waals surface area contributed by atoms with E-state index < -0.39 is 6.09 Å². The van der Waals surface area contributed by atoms with Crippen molar-refractivity contribution in [3.05, 3.63) is 42.7 Å². The Bertz CT molecular complexity index is 505. The quantitative estimate of drug-likeness (QED) is 0.513. The van der Waals surface area contributed by atoms with Gasteiger partial charge in [-0.05, 0) is 30.4 Å². The third-order valence-corrected chi connectivity index (χ3v) is 3.41. The number of nitrogens with zero attached hydrogens (tertiary/aromatic N) is 2. The van der Waals surface area contributed by atoms with Crippen LogP contribution >= 0.6 is 0 Å². The highest BCUT2D eigenvalue weighted by molar-refractivity contribution is 5.76. The van der Waals surface area contributed by atoms with Gasteiger partial charge in [-0.3, -0.25) is 9.78 Å². The summed E-state index contributed by atoms with van der Waals surface area (Å²) in [5.74, 6) is -0.0213. The van der Waals surface area contributed by atoms with E-state index in [9.17, 15) is 9.59 Å². The van der Waals surface area contributed by atoms with Gasteiger partial charge in [0, 0.05) is 38.4 Å². The molecule has 0 aliphatic carbocycles. The summed E-state index contributed by atoms with van der Waals surface area (Å²) in [6.45, 7) is 7.00. The molecule has 0 radical (unpaired) electrons. The lowest BCUT2D eigenvalue weighted by molar-refractivity contribution is -0.132. The molecule has 1 rings (SSSR count). The molecule has 1 atom stereocenters. The fourth-order valence-electron chi connectivity index (χ4n) is 2.19. The van der Waals surface area contributed by atoms with Gasteiger partial charge in [0.15, 0.2) is 0 Å². The summed E-state index contributed by atoms with van der Waals surface area (Å²) in [6.07, 6.45) is 6.25. The lowest BCUT2D eigenvalue weighted by Crippen LogP contribution is -2.35. The maximum Gasteiger partial charge on any atom is 0.404 e. The second-order valence-corrected chi connectivity index (χ2v) is 5.60. The van der Waals surface area contributed by atoms with Gasteiger partial charge >= 0.3 is 6.09 Å². The van der Waals surface area contributed by atoms with Crippen LogP contribution in [0.3, 0.4) is 0 Å². The van der Waals surface area contributed by atoms with Gasteiger partial charge in [-0.15, -0.1) is 6.58 Å². The minimum absolute atomic E-state index is 0.0256. The van der Waals surface area contributed by atoms with E-state index in [1.54, 1.807) is 17.3 Å². The van der Waals surface area contributed by atoms with Gasteiger partial charge in [-0.2, -0.15) is 0 Å². The van der Waals surface area contributed by atoms with Gasteiger partial charge in [-0.1, -0.05) is 19.1 Å². The van der Waals surface area contributed by atoms with Gasteiger partial charge in [0.2, 0.25) is 5.91 Å². The SMILES string of the molecule is C=CCCCN(Cc1cccnc1)C(=O)CC(C)CNC(=O)O. The lowest BCUT2D eigenvalue weighted by atomic mass is 10.1. The molecule has 1 aromatic rings. The number of amides is 2. The summed E-state index contributed by atoms with van der Waals surface area (Å²) >= 11 is 0. The number of carbonyl (C=O) groups is 2. The second-order valence-electron chi connectivity index (χ2n) is 5.60. The number of allylic oxidation sites excluding steroid dienone is 1. The van der Waals surface area contributed by atoms with E-state index in [2.05, 4.69) is 16.9 Å². The number of rotatable bonds is 10. The molecule has 0 aliphatic heterocycles. The molecule has 0 aliphatic rings. The number of carbonyl (C=O) groups excluding carboxylic acids is 1. The Balaban J connectivity index is 2.60. The van der Waals surface area contributed by atoms with Crippen LogP contribution in [-0.4, -0.2) is 40.1 Å². The zero-order valence-corrected chi connectivity index (χ0v) is 13.6. The van der Waals surface area contributed by atoms with Gasteiger partial charge < -0.3 is 15.3 Å². The normalized spacial score (nSPS) is 11.5. The van der Waals surface area contributed by atoms with Crippen molar-refractivity contribution in [2.24, 2.45) is 5.92 Å². The molecule has 1 heterocycles. The summed E-state index contributed by atoms with van der Waals surface area (Å²) in [5.41, 5.74) is 0.982. The summed E-state index contributed by atoms with van der Waals surface area (Å²) in [6, 6.07) is 3.79. The van der Waals surface area contributed by atoms with Crippen molar-refractivity contribution in [3.8, 4) is 0 Å². The molecule has 2 amide bonds. The number of nitrogens with one attached hydrogen (secondary N) is 1. The van der Waals surface area contributed by atoms with Crippen LogP contribution in [0.4, 0.5) is 4.79 Å². The van der Waals surface area contributed by atoms with Gasteiger partial charge in [0.1, 0.15) is 0 Å². The summed E-state index contributed by atoms with van der Waals surface area (Å²) in [7, 11) is 0. The van der Waals surface area contributed by atoms with Crippen LogP contribution in [0.15, 0.2) is 37.2 Å². The molecular weight excluding hydrogens is 294 g/mol. The van der Waals surface area contributed by atoms with Gasteiger partial charge in [0.05, 0.1) is 0 Å². The Hall–Kier alpha value is -2.37. The topological polar surface area (TPSA) is 82.5 Å². The van der Waals surface area contributed by atoms with Crippen molar-refractivity contribution in [2.45, 2.75) is 32.7 Å². The van der Waals surface area contributed by atoms with Crippen molar-refractivity contribution < 1.29 is 14.7 Å². The molecule has 2 N–H and O–H groups in total. The van der Waals surface area contributed by atoms with E-state index >= 15 is 0 Å². The van der Waals surface area contributed by atoms with E-state index in [-0.39, 0.29) is 18.4 Å². The first-order valence-electron chi connectivity index (χ1n) is 7.77. The molecule has 0 saturated heterocycles. The average Bonchev–Trinajstić information content (AvgIpc) is 2.53. The Labute approximate surface area is 137 Å². The summed E-state index contributed by atoms with van der Waals surface area (Å²) in [4.78, 5) is 28.9. The third-order valence-electron chi connectivity index (χ3n) is 3.41. The van der Waals surface area contributed by atoms with Crippen molar-refractivity contribution in [1.82, 2.24) is 15.2 Å². The molecule has 6 nitrogen and oxygen atoms in total. The minimum atomic E-state index is -1.07. The first-order valence-corrected chi connectivity index (χ1v) is 7.77. The lowest BCUT2D eigenvalue weighted by Gasteiger charge is -2.24. The largest absolute Gasteiger partial charge is 0.465 e. The number of hydrogen-bond acceptors (Lipinski definition) is 3. The predicted molar refractivity (Wildman–Crippen MR) is 88.9 cm³/mol. The average molecular weight is 319 g/mol. The molecule has 23 heavy (non-hydrogen) atoms. The standard InChI is InChI=1S/C17H25N3O3/c1-3-4-5-9-20(13-15-7-6-8-18-12-15)16(21)10-14(2)11-19-17(22)23/h3,6-8,12,14,19H,1,4-5,9-11,13H2,2H3,(H,22,23). The van der Waals surface area contributed by atoms with Crippen LogP contribution in [-0.2, 0) is 11.3 Å². The van der Waals surface area contributed by atoms with Crippen LogP contribution in [0.2, 0.25) is 0 Å². The van der Waals surface area contributed by atoms with Crippen molar-refractivity contribution in [2.75, 3.05) is 13.1 Å². The molecule has 0 saturated carbocycles. The fraction of sp³-hybridized carbons (Fsp3) is 0.471. The Morgan fingerprint density at radius 3 is 2.91 bits per heavy atom. The predicted octanol–water partition coefficient (Wildman–Crippen LogP) is 2.67. The molecule has 0 fully saturated rings. The highest BCUT2D eigenvalue weighted by Crippen LogP contribution is 2.10. The van der Waals surface area contributed by atoms with Crippen LogP contribution in [0.1, 0.15) is 31.7 Å². The Morgan fingerprint density at radius 1 is 1.52 bits per heavy atom. The summed E-state index contributed by atoms with van der Waals surface area (Å²) < 4.78 is 0. The van der Waals surface area contributed by atoms with Crippen LogP contribution in [0.5, 0.6) is 0 Å². The molecule has 6 heteroatoms. The highest BCUT2D eigenvalue weighted by atomic mass is 16.4. The van der Waals surface area contributed by atoms with E-state index in [1.165, 1.54) is 0 Å². The molecule has 126 valence electrons. The Kier molecular flexibility index (Phi) is 8.42. The first kappa shape index (κ1) is 18.7. The number of unbranched alkanes of at least 4 members (excludes halogenated alkanes) is 1. The van der Waals surface area contributed by atoms with Crippen LogP contribution in [0, 0.1) is 5.92 Å². The van der Waals surface area contributed by atoms with Crippen LogP contribution < -0.4 is 5.32 Å². The van der Waals surface area contributed by atoms with Crippen LogP contribution in [0.25, 0.3) is 0 Å². The molecule has 0 spiro atoms. The monoisotopic (exact) mass is 319 g/mol. The maximum atomic E-state index is 12.5. The van der Waals surface area contributed by atoms with E-state index in [0.717, 1.165) is 18.4 Å². The first-order chi connectivity index (χ1) is 11.0. The highest BCUT2D eigenvalue weighted by Gasteiger charge is 2.17. The second kappa shape index (κ2) is 10.4. The summed E-state index contributed by atoms with van der Waals surface area (Å²) in [5, 5.41) is 10.9. The van der Waals surface area contributed by atoms with Gasteiger partial charge in [-0.25, -0.2) is 4.79 Å². The Morgan fingerprint density at radius 2 is 2.30 bits per heavy atom. The maximum absolute atomic E-state index is 12.5. The third kappa shape index (κ3) is 7.99. The molecule has 0 aromatic carbocycles. The zero-order valence-electron chi connectivity index (χ0n) is 13.6. The van der Waals surface area contributed by atoms with Gasteiger partial charge in [0.25, 0.3) is 0 Å². The fourth-order valence-corrected chi connectivity index (χ4v) is 2.19. The van der Waals surface area contributed by atoms with E-state index in [0.29, 0.717) is 19.5 Å². The number of hydrogen-bond donors (Lipinski definition) is 2. The smallest absolute Gasteiger partial charge is 0.404 e. The molecule has 1 aromatic heterocycles. The number of aromatic nitrogens is 1. The van der Waals surface area contributed by atoms with Crippen molar-refractivity contribution in [3.63, 3.8) is 0 Å². The van der Waals surface area contributed by atoms with E-state index in [4.69, 9.17) is 5.11 Å². The minimum Gasteiger partial charge on any atom is -0.465 e. The molecular formula is C17H25N3O3. The molecule has 0 bridgehead atoms. The zero-order chi connectivity index (χ0) is 17.1. The number of pyridine rings is 1. The van der Waals surface area contributed by atoms with E-state index in [1.807, 2.05) is 25.1 Å².